The molecule has 2 heterocycles. The fraction of sp³-hybridized carbons (Fsp3) is 0.200. The van der Waals surface area contributed by atoms with Gasteiger partial charge in [0, 0.05) is 5.69 Å². The molecule has 2 N–H and O–H groups in total. The van der Waals surface area contributed by atoms with Crippen LogP contribution in [0.15, 0.2) is 18.2 Å². The van der Waals surface area contributed by atoms with E-state index in [-0.39, 0.29) is 5.82 Å². The summed E-state index contributed by atoms with van der Waals surface area (Å²) >= 11 is 6.19. The number of fused-ring (bicyclic) bond motifs is 1. The second-order valence-corrected chi connectivity index (χ2v) is 5.40. The molecular weight excluding hydrogens is 291 g/mol. The Morgan fingerprint density at radius 3 is 2.57 bits per heavy atom. The monoisotopic (exact) mass is 304 g/mol. The maximum absolute atomic E-state index is 13.3. The van der Waals surface area contributed by atoms with Crippen molar-refractivity contribution < 1.29 is 4.39 Å². The molecule has 6 heteroatoms. The van der Waals surface area contributed by atoms with Gasteiger partial charge < -0.3 is 5.73 Å². The predicted octanol–water partition coefficient (Wildman–Crippen LogP) is 3.72. The van der Waals surface area contributed by atoms with Crippen molar-refractivity contribution in [2.75, 3.05) is 5.73 Å². The normalized spacial score (nSPS) is 11.3. The molecule has 1 aromatic carbocycles. The fourth-order valence-corrected chi connectivity index (χ4v) is 2.82. The van der Waals surface area contributed by atoms with Crippen LogP contribution in [0.2, 0.25) is 5.02 Å². The second-order valence-electron chi connectivity index (χ2n) is 5.00. The molecule has 0 unspecified atom stereocenters. The molecule has 0 atom stereocenters. The average Bonchev–Trinajstić information content (AvgIpc) is 2.63. The first-order chi connectivity index (χ1) is 9.90. The van der Waals surface area contributed by atoms with Crippen molar-refractivity contribution in [3.05, 3.63) is 46.1 Å². The van der Waals surface area contributed by atoms with Crippen LogP contribution in [0.25, 0.3) is 16.7 Å². The van der Waals surface area contributed by atoms with Gasteiger partial charge in [0.2, 0.25) is 0 Å². The summed E-state index contributed by atoms with van der Waals surface area (Å²) in [6.45, 7) is 5.69. The van der Waals surface area contributed by atoms with Crippen LogP contribution in [0.3, 0.4) is 0 Å². The standard InChI is InChI=1S/C15H14ClFN4/c1-7-8(2)21(12-5-4-10(17)6-11(12)16)15-13(7)14(18)19-9(3)20-15/h4-6H,1-3H3,(H2,18,19,20). The number of nitrogens with zero attached hydrogens (tertiary/aromatic N) is 3. The highest BCUT2D eigenvalue weighted by Gasteiger charge is 2.18. The summed E-state index contributed by atoms with van der Waals surface area (Å²) in [5, 5.41) is 1.13. The van der Waals surface area contributed by atoms with Gasteiger partial charge >= 0.3 is 0 Å². The van der Waals surface area contributed by atoms with Crippen LogP contribution < -0.4 is 5.73 Å². The molecule has 4 nitrogen and oxygen atoms in total. The zero-order valence-electron chi connectivity index (χ0n) is 11.9. The Balaban J connectivity index is 2.45. The summed E-state index contributed by atoms with van der Waals surface area (Å²) in [6, 6.07) is 4.30. The summed E-state index contributed by atoms with van der Waals surface area (Å²) in [5.41, 5.74) is 9.32. The van der Waals surface area contributed by atoms with E-state index in [9.17, 15) is 4.39 Å². The fourth-order valence-electron chi connectivity index (χ4n) is 2.57. The van der Waals surface area contributed by atoms with Gasteiger partial charge in [-0.1, -0.05) is 11.6 Å². The molecule has 21 heavy (non-hydrogen) atoms. The third-order valence-corrected chi connectivity index (χ3v) is 3.95. The Hall–Kier alpha value is -2.14. The van der Waals surface area contributed by atoms with Crippen LogP contribution >= 0.6 is 11.6 Å². The first-order valence-electron chi connectivity index (χ1n) is 6.47. The first kappa shape index (κ1) is 13.8. The zero-order valence-corrected chi connectivity index (χ0v) is 12.7. The van der Waals surface area contributed by atoms with E-state index in [1.807, 2.05) is 18.4 Å². The van der Waals surface area contributed by atoms with Gasteiger partial charge in [0.15, 0.2) is 5.65 Å². The summed E-state index contributed by atoms with van der Waals surface area (Å²) in [4.78, 5) is 8.69. The number of halogens is 2. The predicted molar refractivity (Wildman–Crippen MR) is 82.5 cm³/mol. The molecule has 0 saturated heterocycles. The molecule has 0 spiro atoms. The van der Waals surface area contributed by atoms with Crippen molar-refractivity contribution in [2.24, 2.45) is 0 Å². The van der Waals surface area contributed by atoms with Crippen LogP contribution in [0.4, 0.5) is 10.2 Å². The average molecular weight is 305 g/mol. The number of nitrogen functional groups attached to an aromatic ring is 1. The van der Waals surface area contributed by atoms with Crippen molar-refractivity contribution >= 4 is 28.5 Å². The van der Waals surface area contributed by atoms with E-state index in [1.54, 1.807) is 13.0 Å². The number of hydrogen-bond donors (Lipinski definition) is 1. The van der Waals surface area contributed by atoms with E-state index in [2.05, 4.69) is 9.97 Å². The lowest BCUT2D eigenvalue weighted by Gasteiger charge is -2.10. The largest absolute Gasteiger partial charge is 0.383 e. The van der Waals surface area contributed by atoms with Gasteiger partial charge in [-0.05, 0) is 44.5 Å². The number of nitrogens with two attached hydrogens (primary N) is 1. The van der Waals surface area contributed by atoms with E-state index >= 15 is 0 Å². The number of aryl methyl sites for hydroxylation is 2. The van der Waals surface area contributed by atoms with Crippen molar-refractivity contribution in [3.8, 4) is 5.69 Å². The molecule has 0 aliphatic carbocycles. The summed E-state index contributed by atoms with van der Waals surface area (Å²) in [6.07, 6.45) is 0. The molecule has 0 aliphatic rings. The van der Waals surface area contributed by atoms with Crippen LogP contribution in [-0.2, 0) is 0 Å². The Bertz CT molecular complexity index is 870. The minimum Gasteiger partial charge on any atom is -0.383 e. The molecule has 0 radical (unpaired) electrons. The Labute approximate surface area is 126 Å². The smallest absolute Gasteiger partial charge is 0.150 e. The molecular formula is C15H14ClFN4. The van der Waals surface area contributed by atoms with E-state index in [0.717, 1.165) is 16.6 Å². The Kier molecular flexibility index (Phi) is 3.10. The molecule has 3 aromatic rings. The highest BCUT2D eigenvalue weighted by atomic mass is 35.5. The van der Waals surface area contributed by atoms with E-state index < -0.39 is 0 Å². The second kappa shape index (κ2) is 4.70. The van der Waals surface area contributed by atoms with Gasteiger partial charge in [-0.2, -0.15) is 0 Å². The minimum atomic E-state index is -0.375. The summed E-state index contributed by atoms with van der Waals surface area (Å²) in [5.74, 6) is 0.645. The third-order valence-electron chi connectivity index (χ3n) is 3.65. The quantitative estimate of drug-likeness (QED) is 0.745. The highest BCUT2D eigenvalue weighted by Crippen LogP contribution is 2.33. The van der Waals surface area contributed by atoms with Crippen LogP contribution in [0.1, 0.15) is 17.1 Å². The molecule has 0 amide bonds. The van der Waals surface area contributed by atoms with E-state index in [0.29, 0.717) is 28.0 Å². The summed E-state index contributed by atoms with van der Waals surface area (Å²) in [7, 11) is 0. The lowest BCUT2D eigenvalue weighted by molar-refractivity contribution is 0.627. The number of aromatic nitrogens is 3. The zero-order chi connectivity index (χ0) is 15.3. The first-order valence-corrected chi connectivity index (χ1v) is 6.85. The van der Waals surface area contributed by atoms with E-state index in [4.69, 9.17) is 17.3 Å². The Morgan fingerprint density at radius 2 is 1.90 bits per heavy atom. The molecule has 108 valence electrons. The van der Waals surface area contributed by atoms with Gasteiger partial charge in [-0.3, -0.25) is 4.57 Å². The van der Waals surface area contributed by atoms with Gasteiger partial charge in [-0.15, -0.1) is 0 Å². The van der Waals surface area contributed by atoms with Crippen LogP contribution in [-0.4, -0.2) is 14.5 Å². The van der Waals surface area contributed by atoms with Crippen molar-refractivity contribution in [2.45, 2.75) is 20.8 Å². The number of anilines is 1. The maximum Gasteiger partial charge on any atom is 0.150 e. The van der Waals surface area contributed by atoms with Crippen molar-refractivity contribution in [3.63, 3.8) is 0 Å². The van der Waals surface area contributed by atoms with Crippen molar-refractivity contribution in [1.82, 2.24) is 14.5 Å². The molecule has 0 fully saturated rings. The van der Waals surface area contributed by atoms with Gasteiger partial charge in [0.1, 0.15) is 17.5 Å². The number of benzene rings is 1. The Morgan fingerprint density at radius 1 is 1.19 bits per heavy atom. The van der Waals surface area contributed by atoms with Gasteiger partial charge in [-0.25, -0.2) is 14.4 Å². The minimum absolute atomic E-state index is 0.324. The molecule has 0 saturated carbocycles. The molecule has 3 rings (SSSR count). The van der Waals surface area contributed by atoms with Gasteiger partial charge in [0.25, 0.3) is 0 Å². The number of hydrogen-bond acceptors (Lipinski definition) is 3. The molecule has 0 aliphatic heterocycles. The topological polar surface area (TPSA) is 56.7 Å². The van der Waals surface area contributed by atoms with Gasteiger partial charge in [0.05, 0.1) is 16.1 Å². The van der Waals surface area contributed by atoms with E-state index in [1.165, 1.54) is 12.1 Å². The number of rotatable bonds is 1. The lowest BCUT2D eigenvalue weighted by atomic mass is 10.2. The summed E-state index contributed by atoms with van der Waals surface area (Å²) < 4.78 is 15.2. The van der Waals surface area contributed by atoms with Crippen molar-refractivity contribution in [1.29, 1.82) is 0 Å². The van der Waals surface area contributed by atoms with Crippen LogP contribution in [0, 0.1) is 26.6 Å². The maximum atomic E-state index is 13.3. The molecule has 2 aromatic heterocycles. The SMILES string of the molecule is Cc1nc(N)c2c(C)c(C)n(-c3ccc(F)cc3Cl)c2n1. The van der Waals surface area contributed by atoms with Crippen LogP contribution in [0.5, 0.6) is 0 Å². The third kappa shape index (κ3) is 2.05. The molecule has 0 bridgehead atoms. The highest BCUT2D eigenvalue weighted by molar-refractivity contribution is 6.32. The lowest BCUT2D eigenvalue weighted by Crippen LogP contribution is -2.02.